The summed E-state index contributed by atoms with van der Waals surface area (Å²) in [5.41, 5.74) is 9.13. The molecule has 0 radical (unpaired) electrons. The van der Waals surface area contributed by atoms with Crippen LogP contribution in [0.1, 0.15) is 17.5 Å². The van der Waals surface area contributed by atoms with Crippen molar-refractivity contribution in [3.63, 3.8) is 0 Å². The molecule has 0 heterocycles. The van der Waals surface area contributed by atoms with Gasteiger partial charge in [0.05, 0.1) is 26.4 Å². The highest BCUT2D eigenvalue weighted by molar-refractivity contribution is 5.34. The minimum atomic E-state index is 0.181. The molecule has 2 N–H and O–H groups in total. The Morgan fingerprint density at radius 2 is 1.52 bits per heavy atom. The van der Waals surface area contributed by atoms with Gasteiger partial charge in [-0.2, -0.15) is 0 Å². The first-order valence-electron chi connectivity index (χ1n) is 7.71. The molecule has 4 nitrogen and oxygen atoms in total. The first-order chi connectivity index (χ1) is 10.3. The third kappa shape index (κ3) is 4.78. The van der Waals surface area contributed by atoms with Gasteiger partial charge in [-0.3, -0.25) is 0 Å². The van der Waals surface area contributed by atoms with Crippen LogP contribution in [-0.2, 0) is 27.1 Å². The van der Waals surface area contributed by atoms with Crippen LogP contribution < -0.4 is 5.73 Å². The van der Waals surface area contributed by atoms with Gasteiger partial charge in [-0.05, 0) is 42.3 Å². The molecule has 0 saturated carbocycles. The van der Waals surface area contributed by atoms with Crippen molar-refractivity contribution in [2.24, 2.45) is 11.1 Å². The second kappa shape index (κ2) is 8.49. The molecular weight excluding hydrogens is 266 g/mol. The van der Waals surface area contributed by atoms with Gasteiger partial charge in [0, 0.05) is 13.7 Å². The fourth-order valence-corrected chi connectivity index (χ4v) is 2.95. The molecule has 1 aliphatic rings. The third-order valence-corrected chi connectivity index (χ3v) is 4.26. The molecule has 0 aromatic heterocycles. The minimum Gasteiger partial charge on any atom is -0.382 e. The SMILES string of the molecule is COCCOCCOCCC1(CN)Cc2ccccc2C1. The number of hydrogen-bond acceptors (Lipinski definition) is 4. The summed E-state index contributed by atoms with van der Waals surface area (Å²) >= 11 is 0. The van der Waals surface area contributed by atoms with Crippen molar-refractivity contribution >= 4 is 0 Å². The molecule has 0 saturated heterocycles. The first kappa shape index (κ1) is 16.4. The zero-order chi connectivity index (χ0) is 15.0. The number of hydrogen-bond donors (Lipinski definition) is 1. The van der Waals surface area contributed by atoms with E-state index in [1.165, 1.54) is 11.1 Å². The van der Waals surface area contributed by atoms with E-state index in [9.17, 15) is 0 Å². The lowest BCUT2D eigenvalue weighted by Gasteiger charge is -2.27. The zero-order valence-corrected chi connectivity index (χ0v) is 13.0. The van der Waals surface area contributed by atoms with Crippen molar-refractivity contribution in [2.75, 3.05) is 46.7 Å². The largest absolute Gasteiger partial charge is 0.382 e. The quantitative estimate of drug-likeness (QED) is 0.668. The van der Waals surface area contributed by atoms with Crippen LogP contribution in [0.25, 0.3) is 0 Å². The van der Waals surface area contributed by atoms with Crippen LogP contribution in [0.3, 0.4) is 0 Å². The molecule has 0 aliphatic heterocycles. The van der Waals surface area contributed by atoms with Crippen LogP contribution >= 0.6 is 0 Å². The lowest BCUT2D eigenvalue weighted by Crippen LogP contribution is -2.32. The number of rotatable bonds is 10. The van der Waals surface area contributed by atoms with Crippen molar-refractivity contribution in [2.45, 2.75) is 19.3 Å². The molecule has 0 fully saturated rings. The third-order valence-electron chi connectivity index (χ3n) is 4.26. The predicted molar refractivity (Wildman–Crippen MR) is 83.5 cm³/mol. The van der Waals surface area contributed by atoms with Crippen molar-refractivity contribution in [1.82, 2.24) is 0 Å². The standard InChI is InChI=1S/C17H27NO3/c1-19-8-9-21-11-10-20-7-6-17(14-18)12-15-4-2-3-5-16(15)13-17/h2-5H,6-14,18H2,1H3. The summed E-state index contributed by atoms with van der Waals surface area (Å²) in [6.07, 6.45) is 3.16. The van der Waals surface area contributed by atoms with Crippen molar-refractivity contribution < 1.29 is 14.2 Å². The molecule has 2 rings (SSSR count). The fraction of sp³-hybridized carbons (Fsp3) is 0.647. The Kier molecular flexibility index (Phi) is 6.64. The zero-order valence-electron chi connectivity index (χ0n) is 13.0. The summed E-state index contributed by atoms with van der Waals surface area (Å²) in [5, 5.41) is 0. The maximum absolute atomic E-state index is 6.05. The molecule has 0 bridgehead atoms. The molecule has 0 amide bonds. The van der Waals surface area contributed by atoms with Crippen molar-refractivity contribution in [1.29, 1.82) is 0 Å². The summed E-state index contributed by atoms with van der Waals surface area (Å²) in [6.45, 7) is 3.99. The van der Waals surface area contributed by atoms with Gasteiger partial charge in [0.1, 0.15) is 0 Å². The Hall–Kier alpha value is -0.940. The maximum Gasteiger partial charge on any atom is 0.0701 e. The van der Waals surface area contributed by atoms with Gasteiger partial charge in [-0.25, -0.2) is 0 Å². The second-order valence-corrected chi connectivity index (χ2v) is 5.79. The van der Waals surface area contributed by atoms with E-state index < -0.39 is 0 Å². The molecule has 21 heavy (non-hydrogen) atoms. The van der Waals surface area contributed by atoms with E-state index in [4.69, 9.17) is 19.9 Å². The number of methoxy groups -OCH3 is 1. The van der Waals surface area contributed by atoms with Gasteiger partial charge in [0.2, 0.25) is 0 Å². The Labute approximate surface area is 127 Å². The summed E-state index contributed by atoms with van der Waals surface area (Å²) in [6, 6.07) is 8.66. The van der Waals surface area contributed by atoms with Gasteiger partial charge in [0.25, 0.3) is 0 Å². The molecule has 1 aromatic carbocycles. The molecule has 1 aromatic rings. The topological polar surface area (TPSA) is 53.7 Å². The van der Waals surface area contributed by atoms with Crippen LogP contribution in [-0.4, -0.2) is 46.7 Å². The molecule has 0 unspecified atom stereocenters. The highest BCUT2D eigenvalue weighted by Crippen LogP contribution is 2.38. The Morgan fingerprint density at radius 1 is 0.952 bits per heavy atom. The summed E-state index contributed by atoms with van der Waals surface area (Å²) in [7, 11) is 1.67. The number of nitrogens with two attached hydrogens (primary N) is 1. The molecule has 1 aliphatic carbocycles. The molecule has 0 spiro atoms. The smallest absolute Gasteiger partial charge is 0.0701 e. The van der Waals surface area contributed by atoms with Gasteiger partial charge >= 0.3 is 0 Å². The monoisotopic (exact) mass is 293 g/mol. The Bertz CT molecular complexity index is 397. The van der Waals surface area contributed by atoms with Crippen LogP contribution in [0.4, 0.5) is 0 Å². The lowest BCUT2D eigenvalue weighted by molar-refractivity contribution is 0.0174. The van der Waals surface area contributed by atoms with E-state index in [2.05, 4.69) is 24.3 Å². The van der Waals surface area contributed by atoms with Crippen LogP contribution in [0, 0.1) is 5.41 Å². The van der Waals surface area contributed by atoms with Crippen molar-refractivity contribution in [3.8, 4) is 0 Å². The summed E-state index contributed by atoms with van der Waals surface area (Å²) in [5.74, 6) is 0. The molecule has 4 heteroatoms. The van der Waals surface area contributed by atoms with E-state index in [1.807, 2.05) is 0 Å². The first-order valence-corrected chi connectivity index (χ1v) is 7.71. The van der Waals surface area contributed by atoms with Gasteiger partial charge in [0.15, 0.2) is 0 Å². The highest BCUT2D eigenvalue weighted by Gasteiger charge is 2.35. The predicted octanol–water partition coefficient (Wildman–Crippen LogP) is 1.80. The lowest BCUT2D eigenvalue weighted by atomic mass is 9.82. The average Bonchev–Trinajstić information content (AvgIpc) is 2.89. The van der Waals surface area contributed by atoms with Crippen LogP contribution in [0.15, 0.2) is 24.3 Å². The second-order valence-electron chi connectivity index (χ2n) is 5.79. The van der Waals surface area contributed by atoms with Gasteiger partial charge in [-0.15, -0.1) is 0 Å². The van der Waals surface area contributed by atoms with Crippen molar-refractivity contribution in [3.05, 3.63) is 35.4 Å². The Morgan fingerprint density at radius 3 is 2.10 bits per heavy atom. The summed E-state index contributed by atoms with van der Waals surface area (Å²) in [4.78, 5) is 0. The Balaban J connectivity index is 1.65. The van der Waals surface area contributed by atoms with E-state index in [-0.39, 0.29) is 5.41 Å². The van der Waals surface area contributed by atoms with E-state index in [0.29, 0.717) is 26.4 Å². The highest BCUT2D eigenvalue weighted by atomic mass is 16.5. The normalized spacial score (nSPS) is 16.1. The van der Waals surface area contributed by atoms with E-state index in [1.54, 1.807) is 7.11 Å². The van der Waals surface area contributed by atoms with E-state index in [0.717, 1.165) is 32.4 Å². The molecular formula is C17H27NO3. The van der Waals surface area contributed by atoms with Gasteiger partial charge in [-0.1, -0.05) is 24.3 Å². The van der Waals surface area contributed by atoms with Gasteiger partial charge < -0.3 is 19.9 Å². The fourth-order valence-electron chi connectivity index (χ4n) is 2.95. The summed E-state index contributed by atoms with van der Waals surface area (Å²) < 4.78 is 16.0. The molecule has 118 valence electrons. The van der Waals surface area contributed by atoms with Crippen LogP contribution in [0.5, 0.6) is 0 Å². The average molecular weight is 293 g/mol. The minimum absolute atomic E-state index is 0.181. The van der Waals surface area contributed by atoms with E-state index >= 15 is 0 Å². The number of fused-ring (bicyclic) bond motifs is 1. The molecule has 0 atom stereocenters. The van der Waals surface area contributed by atoms with Crippen LogP contribution in [0.2, 0.25) is 0 Å². The maximum atomic E-state index is 6.05. The number of ether oxygens (including phenoxy) is 3. The number of benzene rings is 1.